The smallest absolute Gasteiger partial charge is 0.269 e. The summed E-state index contributed by atoms with van der Waals surface area (Å²) in [5.41, 5.74) is 7.08. The van der Waals surface area contributed by atoms with Crippen LogP contribution in [-0.2, 0) is 6.54 Å². The van der Waals surface area contributed by atoms with Crippen molar-refractivity contribution in [1.29, 1.82) is 0 Å². The summed E-state index contributed by atoms with van der Waals surface area (Å²) >= 11 is 6.05. The third kappa shape index (κ3) is 3.07. The lowest BCUT2D eigenvalue weighted by Crippen LogP contribution is -1.97. The third-order valence-electron chi connectivity index (χ3n) is 2.84. The van der Waals surface area contributed by atoms with Gasteiger partial charge < -0.3 is 10.5 Å². The number of hydrogen-bond acceptors (Lipinski definition) is 4. The molecule has 20 heavy (non-hydrogen) atoms. The largest absolute Gasteiger partial charge is 0.457 e. The van der Waals surface area contributed by atoms with Gasteiger partial charge in [-0.1, -0.05) is 17.7 Å². The quantitative estimate of drug-likeness (QED) is 0.686. The Balaban J connectivity index is 2.26. The van der Waals surface area contributed by atoms with Crippen LogP contribution >= 0.6 is 11.6 Å². The Hall–Kier alpha value is -2.11. The van der Waals surface area contributed by atoms with E-state index in [2.05, 4.69) is 0 Å². The second-order valence-electron chi connectivity index (χ2n) is 4.27. The number of non-ortho nitro benzene ring substituents is 1. The van der Waals surface area contributed by atoms with Crippen molar-refractivity contribution in [3.8, 4) is 11.5 Å². The van der Waals surface area contributed by atoms with Gasteiger partial charge in [-0.25, -0.2) is 0 Å². The fourth-order valence-electron chi connectivity index (χ4n) is 1.75. The highest BCUT2D eigenvalue weighted by atomic mass is 35.5. The fraction of sp³-hybridized carbons (Fsp3) is 0.143. The molecule has 2 N–H and O–H groups in total. The van der Waals surface area contributed by atoms with E-state index in [0.29, 0.717) is 28.6 Å². The SMILES string of the molecule is Cc1cc([N+](=O)[O-])ccc1Oc1ccc(CN)c(Cl)c1. The molecule has 0 spiro atoms. The molecule has 0 radical (unpaired) electrons. The third-order valence-corrected chi connectivity index (χ3v) is 3.19. The van der Waals surface area contributed by atoms with E-state index < -0.39 is 4.92 Å². The lowest BCUT2D eigenvalue weighted by Gasteiger charge is -2.10. The van der Waals surface area contributed by atoms with Crippen LogP contribution in [-0.4, -0.2) is 4.92 Å². The zero-order valence-corrected chi connectivity index (χ0v) is 11.6. The van der Waals surface area contributed by atoms with Crippen LogP contribution in [0.2, 0.25) is 5.02 Å². The molecule has 0 bridgehead atoms. The van der Waals surface area contributed by atoms with Gasteiger partial charge in [-0.3, -0.25) is 10.1 Å². The maximum atomic E-state index is 10.7. The maximum Gasteiger partial charge on any atom is 0.269 e. The molecule has 0 aromatic heterocycles. The molecular weight excluding hydrogens is 280 g/mol. The van der Waals surface area contributed by atoms with Gasteiger partial charge in [0.25, 0.3) is 5.69 Å². The summed E-state index contributed by atoms with van der Waals surface area (Å²) in [5.74, 6) is 1.11. The first-order valence-electron chi connectivity index (χ1n) is 5.92. The van der Waals surface area contributed by atoms with E-state index >= 15 is 0 Å². The molecule has 5 nitrogen and oxygen atoms in total. The number of nitro benzene ring substituents is 1. The van der Waals surface area contributed by atoms with Crippen LogP contribution in [0.3, 0.4) is 0 Å². The minimum absolute atomic E-state index is 0.0337. The van der Waals surface area contributed by atoms with Crippen molar-refractivity contribution in [3.63, 3.8) is 0 Å². The van der Waals surface area contributed by atoms with Crippen LogP contribution < -0.4 is 10.5 Å². The number of hydrogen-bond donors (Lipinski definition) is 1. The molecule has 0 heterocycles. The van der Waals surface area contributed by atoms with Crippen LogP contribution in [0.4, 0.5) is 5.69 Å². The molecule has 2 aromatic carbocycles. The monoisotopic (exact) mass is 292 g/mol. The molecule has 0 fully saturated rings. The molecule has 0 aliphatic rings. The first-order valence-corrected chi connectivity index (χ1v) is 6.30. The Morgan fingerprint density at radius 3 is 2.60 bits per heavy atom. The van der Waals surface area contributed by atoms with Crippen LogP contribution in [0, 0.1) is 17.0 Å². The topological polar surface area (TPSA) is 78.4 Å². The Morgan fingerprint density at radius 2 is 2.05 bits per heavy atom. The number of nitro groups is 1. The van der Waals surface area contributed by atoms with Gasteiger partial charge in [0.1, 0.15) is 11.5 Å². The fourth-order valence-corrected chi connectivity index (χ4v) is 1.99. The summed E-state index contributed by atoms with van der Waals surface area (Å²) in [6.07, 6.45) is 0. The molecule has 0 saturated heterocycles. The second kappa shape index (κ2) is 5.90. The average Bonchev–Trinajstić information content (AvgIpc) is 2.41. The summed E-state index contributed by atoms with van der Waals surface area (Å²) in [6.45, 7) is 2.11. The molecule has 0 amide bonds. The molecule has 0 aliphatic carbocycles. The van der Waals surface area contributed by atoms with Crippen molar-refractivity contribution in [2.45, 2.75) is 13.5 Å². The molecular formula is C14H13ClN2O3. The summed E-state index contributed by atoms with van der Waals surface area (Å²) in [4.78, 5) is 10.2. The molecule has 6 heteroatoms. The predicted octanol–water partition coefficient (Wildman–Crippen LogP) is 3.81. The van der Waals surface area contributed by atoms with Crippen molar-refractivity contribution in [3.05, 3.63) is 62.7 Å². The summed E-state index contributed by atoms with van der Waals surface area (Å²) in [6, 6.07) is 9.65. The zero-order chi connectivity index (χ0) is 14.7. The van der Waals surface area contributed by atoms with Crippen molar-refractivity contribution in [2.75, 3.05) is 0 Å². The van der Waals surface area contributed by atoms with Crippen LogP contribution in [0.15, 0.2) is 36.4 Å². The average molecular weight is 293 g/mol. The predicted molar refractivity (Wildman–Crippen MR) is 77.3 cm³/mol. The van der Waals surface area contributed by atoms with E-state index in [1.165, 1.54) is 12.1 Å². The number of aryl methyl sites for hydroxylation is 1. The summed E-state index contributed by atoms with van der Waals surface area (Å²) < 4.78 is 5.68. The van der Waals surface area contributed by atoms with E-state index in [0.717, 1.165) is 5.56 Å². The van der Waals surface area contributed by atoms with Gasteiger partial charge in [-0.2, -0.15) is 0 Å². The van der Waals surface area contributed by atoms with E-state index in [1.54, 1.807) is 31.2 Å². The normalized spacial score (nSPS) is 10.3. The van der Waals surface area contributed by atoms with Crippen LogP contribution in [0.5, 0.6) is 11.5 Å². The van der Waals surface area contributed by atoms with Crippen molar-refractivity contribution in [2.24, 2.45) is 5.73 Å². The van der Waals surface area contributed by atoms with Crippen molar-refractivity contribution < 1.29 is 9.66 Å². The Bertz CT molecular complexity index is 659. The maximum absolute atomic E-state index is 10.7. The first-order chi connectivity index (χ1) is 9.51. The highest BCUT2D eigenvalue weighted by molar-refractivity contribution is 6.31. The van der Waals surface area contributed by atoms with Crippen LogP contribution in [0.25, 0.3) is 0 Å². The summed E-state index contributed by atoms with van der Waals surface area (Å²) in [7, 11) is 0. The van der Waals surface area contributed by atoms with Gasteiger partial charge in [-0.15, -0.1) is 0 Å². The number of nitrogens with two attached hydrogens (primary N) is 1. The summed E-state index contributed by atoms with van der Waals surface area (Å²) in [5, 5.41) is 11.2. The van der Waals surface area contributed by atoms with E-state index in [4.69, 9.17) is 22.1 Å². The Labute approximate surface area is 121 Å². The molecule has 2 aromatic rings. The molecule has 0 unspecified atom stereocenters. The van der Waals surface area contributed by atoms with Crippen LogP contribution in [0.1, 0.15) is 11.1 Å². The molecule has 0 atom stereocenters. The van der Waals surface area contributed by atoms with Gasteiger partial charge >= 0.3 is 0 Å². The van der Waals surface area contributed by atoms with Gasteiger partial charge in [0.05, 0.1) is 4.92 Å². The van der Waals surface area contributed by atoms with Crippen molar-refractivity contribution in [1.82, 2.24) is 0 Å². The highest BCUT2D eigenvalue weighted by Crippen LogP contribution is 2.30. The lowest BCUT2D eigenvalue weighted by molar-refractivity contribution is -0.384. The van der Waals surface area contributed by atoms with Gasteiger partial charge in [0.2, 0.25) is 0 Å². The first kappa shape index (κ1) is 14.3. The lowest BCUT2D eigenvalue weighted by atomic mass is 10.2. The van der Waals surface area contributed by atoms with Gasteiger partial charge in [0, 0.05) is 23.7 Å². The van der Waals surface area contributed by atoms with Gasteiger partial charge in [0.15, 0.2) is 0 Å². The van der Waals surface area contributed by atoms with E-state index in [1.807, 2.05) is 0 Å². The molecule has 104 valence electrons. The number of rotatable bonds is 4. The Kier molecular flexibility index (Phi) is 4.22. The van der Waals surface area contributed by atoms with E-state index in [-0.39, 0.29) is 5.69 Å². The van der Waals surface area contributed by atoms with Gasteiger partial charge in [-0.05, 0) is 36.2 Å². The molecule has 2 rings (SSSR count). The Morgan fingerprint density at radius 1 is 1.30 bits per heavy atom. The number of ether oxygens (including phenoxy) is 1. The highest BCUT2D eigenvalue weighted by Gasteiger charge is 2.10. The minimum atomic E-state index is -0.441. The second-order valence-corrected chi connectivity index (χ2v) is 4.67. The van der Waals surface area contributed by atoms with E-state index in [9.17, 15) is 10.1 Å². The van der Waals surface area contributed by atoms with Crippen molar-refractivity contribution >= 4 is 17.3 Å². The standard InChI is InChI=1S/C14H13ClN2O3/c1-9-6-11(17(18)19)3-5-14(9)20-12-4-2-10(8-16)13(15)7-12/h2-7H,8,16H2,1H3. The number of nitrogens with zero attached hydrogens (tertiary/aromatic N) is 1. The zero-order valence-electron chi connectivity index (χ0n) is 10.8. The minimum Gasteiger partial charge on any atom is -0.457 e. The number of halogens is 1. The molecule has 0 aliphatic heterocycles. The molecule has 0 saturated carbocycles. The number of benzene rings is 2.